The smallest absolute Gasteiger partial charge is 0.372 e. The molecule has 0 aliphatic carbocycles. The molecule has 192 valence electrons. The van der Waals surface area contributed by atoms with E-state index < -0.39 is 24.7 Å². The molecule has 3 N–H and O–H groups in total. The Morgan fingerprint density at radius 1 is 1.11 bits per heavy atom. The van der Waals surface area contributed by atoms with Gasteiger partial charge >= 0.3 is 6.18 Å². The molecule has 0 saturated carbocycles. The summed E-state index contributed by atoms with van der Waals surface area (Å²) in [5.41, 5.74) is 5.11. The fourth-order valence-electron chi connectivity index (χ4n) is 4.37. The lowest BCUT2D eigenvalue weighted by Gasteiger charge is -2.17. The highest BCUT2D eigenvalue weighted by Crippen LogP contribution is 2.31. The first-order valence-corrected chi connectivity index (χ1v) is 12.0. The Labute approximate surface area is 211 Å². The molecule has 1 aromatic carbocycles. The number of fused-ring (bicyclic) bond motifs is 1. The second-order valence-corrected chi connectivity index (χ2v) is 9.06. The second-order valence-electron chi connectivity index (χ2n) is 9.06. The Bertz CT molecular complexity index is 1400. The van der Waals surface area contributed by atoms with Crippen LogP contribution in [0.2, 0.25) is 0 Å². The van der Waals surface area contributed by atoms with E-state index in [1.165, 1.54) is 31.6 Å². The fraction of sp³-hybridized carbons (Fsp3) is 0.308. The van der Waals surface area contributed by atoms with Gasteiger partial charge in [0.25, 0.3) is 0 Å². The number of carbonyl (C=O) groups is 1. The van der Waals surface area contributed by atoms with Crippen molar-refractivity contribution in [1.29, 1.82) is 0 Å². The predicted molar refractivity (Wildman–Crippen MR) is 136 cm³/mol. The lowest BCUT2D eigenvalue weighted by molar-refractivity contribution is -0.129. The van der Waals surface area contributed by atoms with Gasteiger partial charge in [0.15, 0.2) is 5.82 Å². The predicted octanol–water partition coefficient (Wildman–Crippen LogP) is 4.77. The highest BCUT2D eigenvalue weighted by molar-refractivity contribution is 5.96. The maximum absolute atomic E-state index is 12.4. The molecule has 4 heterocycles. The number of amides is 1. The summed E-state index contributed by atoms with van der Waals surface area (Å²) in [6.45, 7) is 2.26. The number of halogens is 3. The number of carbonyl (C=O) groups excluding carboxylic acids is 1. The molecular formula is C26H26F3N7O. The monoisotopic (exact) mass is 509 g/mol. The third-order valence-corrected chi connectivity index (χ3v) is 6.37. The number of anilines is 2. The maximum atomic E-state index is 12.4. The average Bonchev–Trinajstić information content (AvgIpc) is 3.57. The number of aromatic amines is 1. The number of hydrogen-bond acceptors (Lipinski definition) is 6. The molecule has 0 spiro atoms. The fourth-order valence-corrected chi connectivity index (χ4v) is 4.37. The molecule has 1 fully saturated rings. The van der Waals surface area contributed by atoms with Crippen LogP contribution in [0, 0.1) is 0 Å². The van der Waals surface area contributed by atoms with Crippen molar-refractivity contribution >= 4 is 28.4 Å². The molecule has 3 aromatic heterocycles. The van der Waals surface area contributed by atoms with Gasteiger partial charge in [-0.15, -0.1) is 0 Å². The summed E-state index contributed by atoms with van der Waals surface area (Å²) in [6, 6.07) is 9.40. The number of H-pyrrole nitrogens is 1. The van der Waals surface area contributed by atoms with Gasteiger partial charge in [-0.3, -0.25) is 15.1 Å². The van der Waals surface area contributed by atoms with Crippen LogP contribution in [-0.4, -0.2) is 57.7 Å². The summed E-state index contributed by atoms with van der Waals surface area (Å²) in [6.07, 6.45) is 4.51. The number of nitrogens with one attached hydrogen (secondary N) is 3. The molecule has 37 heavy (non-hydrogen) atoms. The van der Waals surface area contributed by atoms with Crippen molar-refractivity contribution < 1.29 is 18.0 Å². The highest BCUT2D eigenvalue weighted by atomic mass is 19.4. The Kier molecular flexibility index (Phi) is 6.79. The van der Waals surface area contributed by atoms with Crippen molar-refractivity contribution in [3.63, 3.8) is 0 Å². The van der Waals surface area contributed by atoms with Gasteiger partial charge in [-0.1, -0.05) is 12.1 Å². The zero-order chi connectivity index (χ0) is 26.0. The first kappa shape index (κ1) is 24.7. The van der Waals surface area contributed by atoms with Gasteiger partial charge in [0.2, 0.25) is 5.91 Å². The molecule has 4 aromatic rings. The van der Waals surface area contributed by atoms with Crippen LogP contribution < -0.4 is 15.5 Å². The Morgan fingerprint density at radius 2 is 1.86 bits per heavy atom. The minimum atomic E-state index is -4.41. The van der Waals surface area contributed by atoms with Crippen molar-refractivity contribution in [2.24, 2.45) is 0 Å². The highest BCUT2D eigenvalue weighted by Gasteiger charge is 2.28. The zero-order valence-corrected chi connectivity index (χ0v) is 20.1. The van der Waals surface area contributed by atoms with Crippen LogP contribution in [0.4, 0.5) is 24.7 Å². The Hall–Kier alpha value is -3.99. The van der Waals surface area contributed by atoms with Crippen LogP contribution in [0.25, 0.3) is 33.4 Å². The standard InChI is InChI=1S/C26H26F3N7O/c1-16(33-15-26(27,28)29)25(37)35-23-14-30-13-22(34-23)21-12-32-24-20(21)10-18(11-31-24)17-4-6-19(7-5-17)36-8-2-3-9-36/h4-7,10-14,16,33H,2-3,8-9,15H2,1H3,(H,31,32)(H,34,35,37)/t16-/m1/s1. The molecule has 5 rings (SSSR count). The van der Waals surface area contributed by atoms with E-state index in [-0.39, 0.29) is 5.82 Å². The third kappa shape index (κ3) is 5.72. The van der Waals surface area contributed by atoms with Gasteiger partial charge in [0.1, 0.15) is 5.65 Å². The second kappa shape index (κ2) is 10.2. The molecule has 1 saturated heterocycles. The van der Waals surface area contributed by atoms with Crippen LogP contribution in [0.3, 0.4) is 0 Å². The number of benzene rings is 1. The molecule has 11 heteroatoms. The van der Waals surface area contributed by atoms with Gasteiger partial charge in [0.05, 0.1) is 30.7 Å². The van der Waals surface area contributed by atoms with Gasteiger partial charge in [-0.05, 0) is 43.5 Å². The molecule has 8 nitrogen and oxygen atoms in total. The molecular weight excluding hydrogens is 483 g/mol. The number of nitrogens with zero attached hydrogens (tertiary/aromatic N) is 4. The third-order valence-electron chi connectivity index (χ3n) is 6.37. The number of aromatic nitrogens is 4. The van der Waals surface area contributed by atoms with E-state index in [0.29, 0.717) is 11.3 Å². The number of alkyl halides is 3. The van der Waals surface area contributed by atoms with Crippen molar-refractivity contribution in [2.45, 2.75) is 32.0 Å². The van der Waals surface area contributed by atoms with Crippen LogP contribution in [0.1, 0.15) is 19.8 Å². The number of rotatable bonds is 7. The van der Waals surface area contributed by atoms with Gasteiger partial charge in [-0.2, -0.15) is 13.2 Å². The van der Waals surface area contributed by atoms with E-state index >= 15 is 0 Å². The minimum absolute atomic E-state index is 0.138. The Morgan fingerprint density at radius 3 is 2.59 bits per heavy atom. The summed E-state index contributed by atoms with van der Waals surface area (Å²) in [5, 5.41) is 5.50. The normalized spacial score (nSPS) is 14.8. The summed E-state index contributed by atoms with van der Waals surface area (Å²) in [4.78, 5) is 31.0. The Balaban J connectivity index is 1.36. The topological polar surface area (TPSA) is 98.8 Å². The molecule has 0 bridgehead atoms. The van der Waals surface area contributed by atoms with Crippen LogP contribution in [-0.2, 0) is 4.79 Å². The van der Waals surface area contributed by atoms with E-state index in [0.717, 1.165) is 35.2 Å². The molecule has 0 radical (unpaired) electrons. The molecule has 1 amide bonds. The van der Waals surface area contributed by atoms with Gasteiger partial charge in [-0.25, -0.2) is 9.97 Å². The van der Waals surface area contributed by atoms with Gasteiger partial charge in [0, 0.05) is 47.7 Å². The van der Waals surface area contributed by atoms with Gasteiger partial charge < -0.3 is 15.2 Å². The largest absolute Gasteiger partial charge is 0.401 e. The lowest BCUT2D eigenvalue weighted by Crippen LogP contribution is -2.42. The van der Waals surface area contributed by atoms with Crippen LogP contribution in [0.15, 0.2) is 55.1 Å². The van der Waals surface area contributed by atoms with Crippen molar-refractivity contribution in [3.8, 4) is 22.4 Å². The number of hydrogen-bond donors (Lipinski definition) is 3. The maximum Gasteiger partial charge on any atom is 0.401 e. The first-order chi connectivity index (χ1) is 17.8. The summed E-state index contributed by atoms with van der Waals surface area (Å²) < 4.78 is 37.3. The van der Waals surface area contributed by atoms with E-state index in [9.17, 15) is 18.0 Å². The first-order valence-electron chi connectivity index (χ1n) is 12.0. The van der Waals surface area contributed by atoms with Crippen molar-refractivity contribution in [1.82, 2.24) is 25.3 Å². The summed E-state index contributed by atoms with van der Waals surface area (Å²) in [7, 11) is 0. The summed E-state index contributed by atoms with van der Waals surface area (Å²) >= 11 is 0. The van der Waals surface area contributed by atoms with Crippen molar-refractivity contribution in [3.05, 3.63) is 55.1 Å². The molecule has 0 unspecified atom stereocenters. The number of pyridine rings is 1. The zero-order valence-electron chi connectivity index (χ0n) is 20.1. The molecule has 1 aliphatic heterocycles. The SMILES string of the molecule is C[C@@H](NCC(F)(F)F)C(=O)Nc1cncc(-c2c[nH]c3ncc(-c4ccc(N5CCCC5)cc4)cc23)n1. The van der Waals surface area contributed by atoms with Crippen molar-refractivity contribution in [2.75, 3.05) is 29.9 Å². The van der Waals surface area contributed by atoms with E-state index in [1.807, 2.05) is 12.3 Å². The lowest BCUT2D eigenvalue weighted by atomic mass is 10.0. The van der Waals surface area contributed by atoms with Crippen LogP contribution >= 0.6 is 0 Å². The quantitative estimate of drug-likeness (QED) is 0.332. The minimum Gasteiger partial charge on any atom is -0.372 e. The average molecular weight is 510 g/mol. The van der Waals surface area contributed by atoms with E-state index in [4.69, 9.17) is 0 Å². The van der Waals surface area contributed by atoms with Crippen LogP contribution in [0.5, 0.6) is 0 Å². The van der Waals surface area contributed by atoms with E-state index in [1.54, 1.807) is 12.4 Å². The summed E-state index contributed by atoms with van der Waals surface area (Å²) in [5.74, 6) is -0.505. The van der Waals surface area contributed by atoms with E-state index in [2.05, 4.69) is 59.7 Å². The molecule has 1 atom stereocenters. The molecule has 1 aliphatic rings.